The van der Waals surface area contributed by atoms with Crippen LogP contribution in [0.25, 0.3) is 0 Å². The predicted molar refractivity (Wildman–Crippen MR) is 93.5 cm³/mol. The molecule has 0 atom stereocenters. The first-order valence-corrected chi connectivity index (χ1v) is 7.93. The smallest absolute Gasteiger partial charge is 0.317 e. The minimum atomic E-state index is -0.0411. The van der Waals surface area contributed by atoms with Crippen LogP contribution in [0.4, 0.5) is 10.5 Å². The number of hydrogen-bond acceptors (Lipinski definition) is 3. The van der Waals surface area contributed by atoms with Crippen molar-refractivity contribution >= 4 is 11.7 Å². The standard InChI is InChI=1S/C18H24N4O/c1-22(15-7-13-20-16-8-3-2-4-9-16)18(23)21-14-11-17-10-5-6-12-19-17/h2-6,8-10,12,20H,7,11,13-15H2,1H3,(H,21,23). The molecular weight excluding hydrogens is 288 g/mol. The van der Waals surface area contributed by atoms with Crippen molar-refractivity contribution in [3.63, 3.8) is 0 Å². The summed E-state index contributed by atoms with van der Waals surface area (Å²) in [6, 6.07) is 15.8. The fourth-order valence-corrected chi connectivity index (χ4v) is 2.18. The van der Waals surface area contributed by atoms with E-state index in [1.54, 1.807) is 11.1 Å². The highest BCUT2D eigenvalue weighted by Crippen LogP contribution is 2.04. The van der Waals surface area contributed by atoms with Gasteiger partial charge in [-0.3, -0.25) is 4.98 Å². The van der Waals surface area contributed by atoms with Crippen LogP contribution in [0.2, 0.25) is 0 Å². The number of benzene rings is 1. The third kappa shape index (κ3) is 6.38. The fourth-order valence-electron chi connectivity index (χ4n) is 2.18. The number of carbonyl (C=O) groups excluding carboxylic acids is 1. The Balaban J connectivity index is 1.57. The maximum atomic E-state index is 12.0. The summed E-state index contributed by atoms with van der Waals surface area (Å²) in [6.45, 7) is 2.16. The summed E-state index contributed by atoms with van der Waals surface area (Å²) in [4.78, 5) is 17.9. The molecule has 0 aliphatic rings. The lowest BCUT2D eigenvalue weighted by Gasteiger charge is -2.18. The summed E-state index contributed by atoms with van der Waals surface area (Å²) in [5, 5.41) is 6.25. The summed E-state index contributed by atoms with van der Waals surface area (Å²) >= 11 is 0. The van der Waals surface area contributed by atoms with E-state index in [0.717, 1.165) is 37.3 Å². The highest BCUT2D eigenvalue weighted by atomic mass is 16.2. The van der Waals surface area contributed by atoms with Crippen LogP contribution in [0.3, 0.4) is 0 Å². The molecule has 0 spiro atoms. The average molecular weight is 312 g/mol. The molecule has 122 valence electrons. The molecular formula is C18H24N4O. The van der Waals surface area contributed by atoms with Gasteiger partial charge in [0.05, 0.1) is 0 Å². The van der Waals surface area contributed by atoms with Gasteiger partial charge in [-0.2, -0.15) is 0 Å². The van der Waals surface area contributed by atoms with E-state index in [-0.39, 0.29) is 6.03 Å². The van der Waals surface area contributed by atoms with Gasteiger partial charge in [-0.05, 0) is 30.7 Å². The highest BCUT2D eigenvalue weighted by molar-refractivity contribution is 5.73. The van der Waals surface area contributed by atoms with E-state index in [2.05, 4.69) is 15.6 Å². The number of hydrogen-bond donors (Lipinski definition) is 2. The zero-order chi connectivity index (χ0) is 16.3. The third-order valence-corrected chi connectivity index (χ3v) is 3.50. The first-order chi connectivity index (χ1) is 11.3. The first kappa shape index (κ1) is 16.8. The molecule has 2 amide bonds. The van der Waals surface area contributed by atoms with Gasteiger partial charge in [-0.1, -0.05) is 24.3 Å². The summed E-state index contributed by atoms with van der Waals surface area (Å²) in [5.41, 5.74) is 2.09. The van der Waals surface area contributed by atoms with Crippen molar-refractivity contribution in [2.45, 2.75) is 12.8 Å². The molecule has 1 aromatic carbocycles. The maximum absolute atomic E-state index is 12.0. The number of pyridine rings is 1. The predicted octanol–water partition coefficient (Wildman–Crippen LogP) is 2.77. The van der Waals surface area contributed by atoms with Crippen LogP contribution < -0.4 is 10.6 Å². The quantitative estimate of drug-likeness (QED) is 0.737. The van der Waals surface area contributed by atoms with Gasteiger partial charge in [-0.25, -0.2) is 4.79 Å². The molecule has 2 rings (SSSR count). The molecule has 0 saturated carbocycles. The SMILES string of the molecule is CN(CCCNc1ccccc1)C(=O)NCCc1ccccn1. The van der Waals surface area contributed by atoms with E-state index >= 15 is 0 Å². The van der Waals surface area contributed by atoms with Crippen molar-refractivity contribution < 1.29 is 4.79 Å². The lowest BCUT2D eigenvalue weighted by Crippen LogP contribution is -2.39. The van der Waals surface area contributed by atoms with E-state index in [1.807, 2.05) is 55.6 Å². The number of carbonyl (C=O) groups is 1. The van der Waals surface area contributed by atoms with Crippen LogP contribution >= 0.6 is 0 Å². The Morgan fingerprint density at radius 3 is 2.61 bits per heavy atom. The van der Waals surface area contributed by atoms with Gasteiger partial charge in [0, 0.05) is 50.7 Å². The molecule has 2 aromatic rings. The van der Waals surface area contributed by atoms with Gasteiger partial charge in [0.15, 0.2) is 0 Å². The van der Waals surface area contributed by atoms with Crippen molar-refractivity contribution in [1.82, 2.24) is 15.2 Å². The number of nitrogens with zero attached hydrogens (tertiary/aromatic N) is 2. The van der Waals surface area contributed by atoms with Gasteiger partial charge >= 0.3 is 6.03 Å². The number of anilines is 1. The second-order valence-corrected chi connectivity index (χ2v) is 5.37. The number of para-hydroxylation sites is 1. The number of rotatable bonds is 8. The Bertz CT molecular complexity index is 574. The van der Waals surface area contributed by atoms with E-state index in [9.17, 15) is 4.79 Å². The normalized spacial score (nSPS) is 10.1. The topological polar surface area (TPSA) is 57.3 Å². The number of urea groups is 1. The van der Waals surface area contributed by atoms with E-state index in [0.29, 0.717) is 6.54 Å². The molecule has 5 heteroatoms. The molecule has 5 nitrogen and oxygen atoms in total. The third-order valence-electron chi connectivity index (χ3n) is 3.50. The Kier molecular flexibility index (Phi) is 6.91. The molecule has 0 aliphatic heterocycles. The second kappa shape index (κ2) is 9.46. The van der Waals surface area contributed by atoms with E-state index in [1.165, 1.54) is 0 Å². The summed E-state index contributed by atoms with van der Waals surface area (Å²) in [7, 11) is 1.82. The summed E-state index contributed by atoms with van der Waals surface area (Å²) in [6.07, 6.45) is 3.41. The lowest BCUT2D eigenvalue weighted by molar-refractivity contribution is 0.209. The Morgan fingerprint density at radius 2 is 1.87 bits per heavy atom. The molecule has 1 heterocycles. The minimum absolute atomic E-state index is 0.0411. The van der Waals surface area contributed by atoms with Crippen LogP contribution in [0, 0.1) is 0 Å². The molecule has 0 radical (unpaired) electrons. The molecule has 0 aliphatic carbocycles. The van der Waals surface area contributed by atoms with Crippen molar-refractivity contribution in [2.24, 2.45) is 0 Å². The minimum Gasteiger partial charge on any atom is -0.385 e. The average Bonchev–Trinajstić information content (AvgIpc) is 2.60. The molecule has 0 fully saturated rings. The molecule has 2 N–H and O–H groups in total. The van der Waals surface area contributed by atoms with Crippen LogP contribution in [-0.2, 0) is 6.42 Å². The van der Waals surface area contributed by atoms with E-state index in [4.69, 9.17) is 0 Å². The second-order valence-electron chi connectivity index (χ2n) is 5.37. The summed E-state index contributed by atoms with van der Waals surface area (Å²) in [5.74, 6) is 0. The van der Waals surface area contributed by atoms with Crippen molar-refractivity contribution in [3.05, 3.63) is 60.4 Å². The number of aromatic nitrogens is 1. The van der Waals surface area contributed by atoms with Crippen molar-refractivity contribution in [1.29, 1.82) is 0 Å². The summed E-state index contributed by atoms with van der Waals surface area (Å²) < 4.78 is 0. The number of amides is 2. The van der Waals surface area contributed by atoms with Gasteiger partial charge in [0.25, 0.3) is 0 Å². The van der Waals surface area contributed by atoms with Gasteiger partial charge in [-0.15, -0.1) is 0 Å². The molecule has 23 heavy (non-hydrogen) atoms. The molecule has 0 unspecified atom stereocenters. The molecule has 1 aromatic heterocycles. The van der Waals surface area contributed by atoms with Crippen LogP contribution in [-0.4, -0.2) is 42.6 Å². The Labute approximate surface area is 137 Å². The van der Waals surface area contributed by atoms with Gasteiger partial charge < -0.3 is 15.5 Å². The lowest BCUT2D eigenvalue weighted by atomic mass is 10.3. The molecule has 0 bridgehead atoms. The van der Waals surface area contributed by atoms with Crippen LogP contribution in [0.15, 0.2) is 54.7 Å². The maximum Gasteiger partial charge on any atom is 0.317 e. The molecule has 0 saturated heterocycles. The monoisotopic (exact) mass is 312 g/mol. The van der Waals surface area contributed by atoms with Crippen LogP contribution in [0.1, 0.15) is 12.1 Å². The van der Waals surface area contributed by atoms with E-state index < -0.39 is 0 Å². The largest absolute Gasteiger partial charge is 0.385 e. The highest BCUT2D eigenvalue weighted by Gasteiger charge is 2.07. The van der Waals surface area contributed by atoms with Gasteiger partial charge in [0.1, 0.15) is 0 Å². The number of nitrogens with one attached hydrogen (secondary N) is 2. The zero-order valence-electron chi connectivity index (χ0n) is 13.5. The van der Waals surface area contributed by atoms with Gasteiger partial charge in [0.2, 0.25) is 0 Å². The van der Waals surface area contributed by atoms with Crippen molar-refractivity contribution in [2.75, 3.05) is 32.0 Å². The van der Waals surface area contributed by atoms with Crippen LogP contribution in [0.5, 0.6) is 0 Å². The zero-order valence-corrected chi connectivity index (χ0v) is 13.5. The van der Waals surface area contributed by atoms with Crippen molar-refractivity contribution in [3.8, 4) is 0 Å². The first-order valence-electron chi connectivity index (χ1n) is 7.93. The Morgan fingerprint density at radius 1 is 1.09 bits per heavy atom. The Hall–Kier alpha value is -2.56. The fraction of sp³-hybridized carbons (Fsp3) is 0.333.